The summed E-state index contributed by atoms with van der Waals surface area (Å²) in [5.74, 6) is 1.34. The van der Waals surface area contributed by atoms with Gasteiger partial charge in [-0.1, -0.05) is 12.1 Å². The third kappa shape index (κ3) is 4.64. The molecular weight excluding hydrogens is 392 g/mol. The first-order valence-electron chi connectivity index (χ1n) is 9.32. The van der Waals surface area contributed by atoms with Crippen LogP contribution in [-0.4, -0.2) is 46.4 Å². The monoisotopic (exact) mass is 418 g/mol. The summed E-state index contributed by atoms with van der Waals surface area (Å²) in [6.45, 7) is 2.97. The van der Waals surface area contributed by atoms with E-state index in [2.05, 4.69) is 5.32 Å². The Morgan fingerprint density at radius 2 is 1.66 bits per heavy atom. The molecule has 0 radical (unpaired) electrons. The Kier molecular flexibility index (Phi) is 6.02. The van der Waals surface area contributed by atoms with Gasteiger partial charge in [-0.15, -0.1) is 0 Å². The zero-order valence-corrected chi connectivity index (χ0v) is 17.9. The van der Waals surface area contributed by atoms with Crippen LogP contribution in [0.4, 0.5) is 4.79 Å². The molecule has 156 valence electrons. The number of hydrogen-bond acceptors (Lipinski definition) is 5. The Balaban J connectivity index is 1.69. The third-order valence-electron chi connectivity index (χ3n) is 5.15. The van der Waals surface area contributed by atoms with Crippen LogP contribution in [0.5, 0.6) is 11.5 Å². The second-order valence-corrected chi connectivity index (χ2v) is 9.18. The summed E-state index contributed by atoms with van der Waals surface area (Å²) in [5.41, 5.74) is 3.03. The third-order valence-corrected chi connectivity index (χ3v) is 6.28. The van der Waals surface area contributed by atoms with Gasteiger partial charge < -0.3 is 19.7 Å². The summed E-state index contributed by atoms with van der Waals surface area (Å²) in [4.78, 5) is 14.8. The van der Waals surface area contributed by atoms with Gasteiger partial charge in [-0.05, 0) is 54.3 Å². The first-order valence-corrected chi connectivity index (χ1v) is 11.2. The van der Waals surface area contributed by atoms with E-state index >= 15 is 0 Å². The summed E-state index contributed by atoms with van der Waals surface area (Å²) < 4.78 is 33.9. The van der Waals surface area contributed by atoms with Crippen molar-refractivity contribution < 1.29 is 22.7 Å². The fourth-order valence-electron chi connectivity index (χ4n) is 3.42. The number of methoxy groups -OCH3 is 2. The van der Waals surface area contributed by atoms with Gasteiger partial charge in [-0.3, -0.25) is 0 Å². The molecule has 0 spiro atoms. The molecule has 8 heteroatoms. The summed E-state index contributed by atoms with van der Waals surface area (Å²) in [5, 5.41) is 2.99. The largest absolute Gasteiger partial charge is 0.493 e. The minimum Gasteiger partial charge on any atom is -0.493 e. The number of fused-ring (bicyclic) bond motifs is 1. The van der Waals surface area contributed by atoms with E-state index in [1.165, 1.54) is 6.26 Å². The molecule has 1 heterocycles. The van der Waals surface area contributed by atoms with Gasteiger partial charge in [0.15, 0.2) is 21.3 Å². The minimum absolute atomic E-state index is 0.162. The zero-order chi connectivity index (χ0) is 21.2. The number of nitrogens with one attached hydrogen (secondary N) is 1. The van der Waals surface area contributed by atoms with Crippen LogP contribution in [0.2, 0.25) is 0 Å². The highest BCUT2D eigenvalue weighted by Crippen LogP contribution is 2.33. The van der Waals surface area contributed by atoms with Crippen molar-refractivity contribution in [3.05, 3.63) is 53.1 Å². The van der Waals surface area contributed by atoms with Crippen molar-refractivity contribution in [1.29, 1.82) is 0 Å². The highest BCUT2D eigenvalue weighted by Gasteiger charge is 2.24. The van der Waals surface area contributed by atoms with E-state index in [0.29, 0.717) is 24.6 Å². The van der Waals surface area contributed by atoms with Crippen LogP contribution >= 0.6 is 0 Å². The van der Waals surface area contributed by atoms with Crippen molar-refractivity contribution >= 4 is 15.9 Å². The molecule has 3 rings (SSSR count). The topological polar surface area (TPSA) is 84.9 Å². The number of amides is 2. The predicted molar refractivity (Wildman–Crippen MR) is 110 cm³/mol. The van der Waals surface area contributed by atoms with Gasteiger partial charge in [0.1, 0.15) is 0 Å². The molecule has 2 aromatic carbocycles. The first-order chi connectivity index (χ1) is 13.7. The van der Waals surface area contributed by atoms with Crippen molar-refractivity contribution in [2.24, 2.45) is 0 Å². The van der Waals surface area contributed by atoms with Crippen LogP contribution in [0.15, 0.2) is 41.3 Å². The Labute approximate surface area is 171 Å². The average Bonchev–Trinajstić information content (AvgIpc) is 2.71. The molecule has 1 atom stereocenters. The highest BCUT2D eigenvalue weighted by molar-refractivity contribution is 7.90. The highest BCUT2D eigenvalue weighted by atomic mass is 32.2. The van der Waals surface area contributed by atoms with Gasteiger partial charge in [0, 0.05) is 19.3 Å². The predicted octanol–water partition coefficient (Wildman–Crippen LogP) is 2.94. The summed E-state index contributed by atoms with van der Waals surface area (Å²) >= 11 is 0. The van der Waals surface area contributed by atoms with Crippen molar-refractivity contribution in [2.45, 2.75) is 30.8 Å². The number of hydrogen-bond donors (Lipinski definition) is 1. The summed E-state index contributed by atoms with van der Waals surface area (Å²) in [7, 11) is -0.0401. The van der Waals surface area contributed by atoms with Crippen LogP contribution in [-0.2, 0) is 22.8 Å². The Hall–Kier alpha value is -2.74. The second-order valence-electron chi connectivity index (χ2n) is 7.16. The van der Waals surface area contributed by atoms with Crippen LogP contribution in [0, 0.1) is 0 Å². The lowest BCUT2D eigenvalue weighted by molar-refractivity contribution is 0.189. The molecule has 1 N–H and O–H groups in total. The average molecular weight is 419 g/mol. The molecule has 7 nitrogen and oxygen atoms in total. The number of carbonyl (C=O) groups excluding carboxylic acids is 1. The number of sulfone groups is 1. The van der Waals surface area contributed by atoms with E-state index in [0.717, 1.165) is 23.1 Å². The van der Waals surface area contributed by atoms with Crippen LogP contribution in [0.25, 0.3) is 0 Å². The molecule has 29 heavy (non-hydrogen) atoms. The molecular formula is C21H26N2O5S. The number of nitrogens with zero attached hydrogens (tertiary/aromatic N) is 1. The molecule has 1 aliphatic heterocycles. The fourth-order valence-corrected chi connectivity index (χ4v) is 4.05. The number of ether oxygens (including phenoxy) is 2. The molecule has 2 amide bonds. The van der Waals surface area contributed by atoms with Gasteiger partial charge in [0.25, 0.3) is 0 Å². The number of benzene rings is 2. The number of rotatable bonds is 5. The quantitative estimate of drug-likeness (QED) is 0.807. The van der Waals surface area contributed by atoms with Crippen molar-refractivity contribution in [3.8, 4) is 11.5 Å². The molecule has 0 aromatic heterocycles. The van der Waals surface area contributed by atoms with Gasteiger partial charge in [0.2, 0.25) is 0 Å². The standard InChI is InChI=1S/C21H26N2O5S/c1-14(15-5-7-18(8-6-15)29(4,25)26)22-21(24)23-10-9-16-11-19(27-2)20(28-3)12-17(16)13-23/h5-8,11-12,14H,9-10,13H2,1-4H3,(H,22,24)/t14-/m0/s1. The maximum absolute atomic E-state index is 12.8. The fraction of sp³-hybridized carbons (Fsp3) is 0.381. The van der Waals surface area contributed by atoms with Crippen molar-refractivity contribution in [3.63, 3.8) is 0 Å². The lowest BCUT2D eigenvalue weighted by atomic mass is 9.99. The minimum atomic E-state index is -3.24. The second kappa shape index (κ2) is 8.32. The van der Waals surface area contributed by atoms with E-state index in [4.69, 9.17) is 9.47 Å². The van der Waals surface area contributed by atoms with Crippen molar-refractivity contribution in [2.75, 3.05) is 27.0 Å². The molecule has 0 aliphatic carbocycles. The van der Waals surface area contributed by atoms with Gasteiger partial charge in [-0.25, -0.2) is 13.2 Å². The SMILES string of the molecule is COc1cc2c(cc1OC)CN(C(=O)N[C@@H](C)c1ccc(S(C)(=O)=O)cc1)CC2. The lowest BCUT2D eigenvalue weighted by Gasteiger charge is -2.31. The molecule has 0 unspecified atom stereocenters. The maximum Gasteiger partial charge on any atom is 0.318 e. The number of carbonyl (C=O) groups is 1. The van der Waals surface area contributed by atoms with Crippen LogP contribution < -0.4 is 14.8 Å². The van der Waals surface area contributed by atoms with Crippen molar-refractivity contribution in [1.82, 2.24) is 10.2 Å². The Morgan fingerprint density at radius 3 is 2.21 bits per heavy atom. The van der Waals surface area contributed by atoms with E-state index in [9.17, 15) is 13.2 Å². The van der Waals surface area contributed by atoms with E-state index < -0.39 is 9.84 Å². The van der Waals surface area contributed by atoms with E-state index in [1.54, 1.807) is 43.4 Å². The Morgan fingerprint density at radius 1 is 1.07 bits per heavy atom. The molecule has 0 saturated carbocycles. The molecule has 0 fully saturated rings. The molecule has 2 aromatic rings. The molecule has 1 aliphatic rings. The van der Waals surface area contributed by atoms with Crippen LogP contribution in [0.1, 0.15) is 29.7 Å². The van der Waals surface area contributed by atoms with Gasteiger partial charge in [-0.2, -0.15) is 0 Å². The lowest BCUT2D eigenvalue weighted by Crippen LogP contribution is -2.43. The molecule has 0 bridgehead atoms. The van der Waals surface area contributed by atoms with Gasteiger partial charge in [0.05, 0.1) is 25.2 Å². The summed E-state index contributed by atoms with van der Waals surface area (Å²) in [6.07, 6.45) is 1.91. The maximum atomic E-state index is 12.8. The Bertz CT molecular complexity index is 1000. The molecule has 0 saturated heterocycles. The zero-order valence-electron chi connectivity index (χ0n) is 17.1. The normalized spacial score (nSPS) is 14.7. The summed E-state index contributed by atoms with van der Waals surface area (Å²) in [6, 6.07) is 10.0. The number of urea groups is 1. The van der Waals surface area contributed by atoms with Crippen LogP contribution in [0.3, 0.4) is 0 Å². The van der Waals surface area contributed by atoms with E-state index in [1.807, 2.05) is 19.1 Å². The van der Waals surface area contributed by atoms with Gasteiger partial charge >= 0.3 is 6.03 Å². The first kappa shape index (κ1) is 21.0. The smallest absolute Gasteiger partial charge is 0.318 e. The van der Waals surface area contributed by atoms with E-state index in [-0.39, 0.29) is 17.0 Å².